The summed E-state index contributed by atoms with van der Waals surface area (Å²) in [7, 11) is 3.27. The summed E-state index contributed by atoms with van der Waals surface area (Å²) >= 11 is 0. The van der Waals surface area contributed by atoms with E-state index >= 15 is 0 Å². The molecule has 0 saturated heterocycles. The minimum Gasteiger partial charge on any atom is -0.493 e. The molecule has 0 fully saturated rings. The van der Waals surface area contributed by atoms with E-state index in [9.17, 15) is 9.59 Å². The van der Waals surface area contributed by atoms with Crippen molar-refractivity contribution in [2.75, 3.05) is 32.3 Å². The Labute approximate surface area is 187 Å². The third-order valence-electron chi connectivity index (χ3n) is 6.29. The molecule has 0 aromatic heterocycles. The molecule has 0 aliphatic carbocycles. The summed E-state index contributed by atoms with van der Waals surface area (Å²) in [6, 6.07) is 21.4. The summed E-state index contributed by atoms with van der Waals surface area (Å²) in [6.07, 6.45) is 0.802. The normalized spacial score (nSPS) is 17.8. The summed E-state index contributed by atoms with van der Waals surface area (Å²) in [6.45, 7) is 1.07. The zero-order valence-corrected chi connectivity index (χ0v) is 18.1. The van der Waals surface area contributed by atoms with E-state index in [0.29, 0.717) is 29.4 Å². The highest BCUT2D eigenvalue weighted by Gasteiger charge is 2.39. The average molecular weight is 428 g/mol. The number of nitrogens with zero attached hydrogens (tertiary/aromatic N) is 2. The Morgan fingerprint density at radius 1 is 0.906 bits per heavy atom. The van der Waals surface area contributed by atoms with Crippen molar-refractivity contribution in [1.29, 1.82) is 0 Å². The Balaban J connectivity index is 1.58. The number of ether oxygens (including phenoxy) is 2. The SMILES string of the molecule is COc1cc2c(cc1OC)C(c1ccccc1)N(CN1C(=O)C(=O)c3ccccc31)CC2. The van der Waals surface area contributed by atoms with Gasteiger partial charge in [-0.1, -0.05) is 42.5 Å². The number of methoxy groups -OCH3 is 2. The lowest BCUT2D eigenvalue weighted by Crippen LogP contribution is -2.45. The molecule has 32 heavy (non-hydrogen) atoms. The first-order valence-corrected chi connectivity index (χ1v) is 10.6. The number of Topliss-reactive ketones (excluding diaryl/α,β-unsaturated/α-hetero) is 1. The van der Waals surface area contributed by atoms with Gasteiger partial charge in [0, 0.05) is 6.54 Å². The number of amides is 1. The molecule has 0 radical (unpaired) electrons. The van der Waals surface area contributed by atoms with Gasteiger partial charge in [0.05, 0.1) is 38.2 Å². The van der Waals surface area contributed by atoms with Crippen molar-refractivity contribution < 1.29 is 19.1 Å². The Kier molecular flexibility index (Phi) is 5.15. The molecule has 5 rings (SSSR count). The quantitative estimate of drug-likeness (QED) is 0.578. The van der Waals surface area contributed by atoms with Crippen molar-refractivity contribution in [3.63, 3.8) is 0 Å². The number of rotatable bonds is 5. The number of carbonyl (C=O) groups excluding carboxylic acids is 2. The largest absolute Gasteiger partial charge is 0.493 e. The van der Waals surface area contributed by atoms with E-state index in [1.165, 1.54) is 5.56 Å². The highest BCUT2D eigenvalue weighted by Crippen LogP contribution is 2.41. The van der Waals surface area contributed by atoms with E-state index in [0.717, 1.165) is 24.1 Å². The molecule has 1 unspecified atom stereocenters. The first kappa shape index (κ1) is 20.3. The van der Waals surface area contributed by atoms with Crippen molar-refractivity contribution in [2.45, 2.75) is 12.5 Å². The van der Waals surface area contributed by atoms with Gasteiger partial charge < -0.3 is 9.47 Å². The smallest absolute Gasteiger partial charge is 0.300 e. The second-order valence-electron chi connectivity index (χ2n) is 8.00. The van der Waals surface area contributed by atoms with Crippen LogP contribution in [0.1, 0.15) is 33.1 Å². The number of anilines is 1. The van der Waals surface area contributed by atoms with Crippen LogP contribution in [-0.2, 0) is 11.2 Å². The number of ketones is 1. The summed E-state index contributed by atoms with van der Waals surface area (Å²) in [5, 5.41) is 0. The molecule has 2 heterocycles. The van der Waals surface area contributed by atoms with Gasteiger partial charge in [-0.05, 0) is 47.4 Å². The van der Waals surface area contributed by atoms with Gasteiger partial charge >= 0.3 is 5.91 Å². The Hall–Kier alpha value is -3.64. The minimum atomic E-state index is -0.476. The molecule has 0 spiro atoms. The summed E-state index contributed by atoms with van der Waals surface area (Å²) in [5.74, 6) is 0.462. The third kappa shape index (κ3) is 3.24. The lowest BCUT2D eigenvalue weighted by molar-refractivity contribution is -0.114. The molecule has 1 atom stereocenters. The van der Waals surface area contributed by atoms with Crippen LogP contribution in [0.4, 0.5) is 5.69 Å². The van der Waals surface area contributed by atoms with Crippen molar-refractivity contribution in [1.82, 2.24) is 4.90 Å². The first-order valence-electron chi connectivity index (χ1n) is 10.6. The fraction of sp³-hybridized carbons (Fsp3) is 0.231. The molecule has 6 heteroatoms. The van der Waals surface area contributed by atoms with Crippen LogP contribution in [0, 0.1) is 0 Å². The van der Waals surface area contributed by atoms with Crippen LogP contribution >= 0.6 is 0 Å². The van der Waals surface area contributed by atoms with Crippen LogP contribution in [0.25, 0.3) is 0 Å². The maximum Gasteiger partial charge on any atom is 0.300 e. The van der Waals surface area contributed by atoms with Crippen LogP contribution in [0.3, 0.4) is 0 Å². The van der Waals surface area contributed by atoms with Crippen LogP contribution in [0.5, 0.6) is 11.5 Å². The number of hydrogen-bond acceptors (Lipinski definition) is 5. The predicted molar refractivity (Wildman–Crippen MR) is 121 cm³/mol. The molecule has 3 aromatic rings. The van der Waals surface area contributed by atoms with Crippen LogP contribution in [-0.4, -0.2) is 44.0 Å². The lowest BCUT2D eigenvalue weighted by atomic mass is 9.88. The Bertz CT molecular complexity index is 1190. The molecule has 0 bridgehead atoms. The number of fused-ring (bicyclic) bond motifs is 2. The van der Waals surface area contributed by atoms with E-state index in [1.54, 1.807) is 31.3 Å². The monoisotopic (exact) mass is 428 g/mol. The third-order valence-corrected chi connectivity index (χ3v) is 6.29. The highest BCUT2D eigenvalue weighted by molar-refractivity contribution is 6.52. The fourth-order valence-electron chi connectivity index (χ4n) is 4.75. The number of carbonyl (C=O) groups is 2. The van der Waals surface area contributed by atoms with Gasteiger partial charge in [0.15, 0.2) is 11.5 Å². The maximum absolute atomic E-state index is 12.8. The number of para-hydroxylation sites is 1. The highest BCUT2D eigenvalue weighted by atomic mass is 16.5. The van der Waals surface area contributed by atoms with Gasteiger partial charge in [-0.15, -0.1) is 0 Å². The second kappa shape index (κ2) is 8.13. The lowest BCUT2D eigenvalue weighted by Gasteiger charge is -2.40. The molecule has 6 nitrogen and oxygen atoms in total. The Morgan fingerprint density at radius 3 is 2.34 bits per heavy atom. The van der Waals surface area contributed by atoms with Crippen LogP contribution in [0.15, 0.2) is 66.7 Å². The molecule has 0 saturated carbocycles. The fourth-order valence-corrected chi connectivity index (χ4v) is 4.75. The first-order chi connectivity index (χ1) is 15.6. The summed E-state index contributed by atoms with van der Waals surface area (Å²) in [5.41, 5.74) is 4.57. The second-order valence-corrected chi connectivity index (χ2v) is 8.00. The Morgan fingerprint density at radius 2 is 1.59 bits per heavy atom. The number of hydrogen-bond donors (Lipinski definition) is 0. The van der Waals surface area contributed by atoms with Gasteiger partial charge in [0.25, 0.3) is 5.78 Å². The van der Waals surface area contributed by atoms with Crippen molar-refractivity contribution in [3.8, 4) is 11.5 Å². The van der Waals surface area contributed by atoms with Gasteiger partial charge in [-0.3, -0.25) is 19.4 Å². The van der Waals surface area contributed by atoms with Crippen molar-refractivity contribution >= 4 is 17.4 Å². The average Bonchev–Trinajstić information content (AvgIpc) is 3.08. The molecular weight excluding hydrogens is 404 g/mol. The number of benzene rings is 3. The van der Waals surface area contributed by atoms with Crippen molar-refractivity contribution in [3.05, 3.63) is 89.0 Å². The topological polar surface area (TPSA) is 59.1 Å². The van der Waals surface area contributed by atoms with Crippen LogP contribution in [0.2, 0.25) is 0 Å². The van der Waals surface area contributed by atoms with Gasteiger partial charge in [-0.2, -0.15) is 0 Å². The van der Waals surface area contributed by atoms with E-state index in [1.807, 2.05) is 42.5 Å². The molecule has 1 amide bonds. The molecule has 0 N–H and O–H groups in total. The molecule has 162 valence electrons. The molecule has 2 aliphatic heterocycles. The van der Waals surface area contributed by atoms with Gasteiger partial charge in [0.1, 0.15) is 0 Å². The molecular formula is C26H24N2O4. The standard InChI is InChI=1S/C26H24N2O4/c1-31-22-14-18-12-13-27(16-28-21-11-7-6-10-19(21)25(29)26(28)30)24(17-8-4-3-5-9-17)20(18)15-23(22)32-2/h3-11,14-15,24H,12-13,16H2,1-2H3. The summed E-state index contributed by atoms with van der Waals surface area (Å²) in [4.78, 5) is 29.2. The van der Waals surface area contributed by atoms with Gasteiger partial charge in [0.2, 0.25) is 0 Å². The zero-order chi connectivity index (χ0) is 22.2. The molecule has 3 aromatic carbocycles. The van der Waals surface area contributed by atoms with Crippen molar-refractivity contribution in [2.24, 2.45) is 0 Å². The van der Waals surface area contributed by atoms with E-state index in [-0.39, 0.29) is 6.04 Å². The predicted octanol–water partition coefficient (Wildman–Crippen LogP) is 3.84. The minimum absolute atomic E-state index is 0.0876. The van der Waals surface area contributed by atoms with E-state index < -0.39 is 11.7 Å². The summed E-state index contributed by atoms with van der Waals surface area (Å²) < 4.78 is 11.1. The maximum atomic E-state index is 12.8. The van der Waals surface area contributed by atoms with Crippen LogP contribution < -0.4 is 14.4 Å². The van der Waals surface area contributed by atoms with E-state index in [4.69, 9.17) is 9.47 Å². The zero-order valence-electron chi connectivity index (χ0n) is 18.1. The van der Waals surface area contributed by atoms with Gasteiger partial charge in [-0.25, -0.2) is 0 Å². The molecule has 2 aliphatic rings. The van der Waals surface area contributed by atoms with E-state index in [2.05, 4.69) is 17.0 Å².